The van der Waals surface area contributed by atoms with E-state index in [-0.39, 0.29) is 5.69 Å². The van der Waals surface area contributed by atoms with E-state index in [1.54, 1.807) is 19.2 Å². The maximum atomic E-state index is 11.4. The number of nitrogens with zero attached hydrogens (tertiary/aromatic N) is 3. The predicted molar refractivity (Wildman–Crippen MR) is 49.9 cm³/mol. The molecule has 7 heteroatoms. The average molecular weight is 207 g/mol. The number of esters is 1. The summed E-state index contributed by atoms with van der Waals surface area (Å²) in [5, 5.41) is 16.4. The van der Waals surface area contributed by atoms with E-state index >= 15 is 0 Å². The molecule has 0 unspecified atom stereocenters. The van der Waals surface area contributed by atoms with Crippen molar-refractivity contribution < 1.29 is 9.53 Å². The van der Waals surface area contributed by atoms with Crippen LogP contribution >= 0.6 is 0 Å². The van der Waals surface area contributed by atoms with E-state index in [1.807, 2.05) is 0 Å². The van der Waals surface area contributed by atoms with Crippen LogP contribution < -0.4 is 0 Å². The van der Waals surface area contributed by atoms with Crippen molar-refractivity contribution in [3.05, 3.63) is 18.0 Å². The second-order valence-electron chi connectivity index (χ2n) is 2.71. The largest absolute Gasteiger partial charge is 0.461 e. The zero-order valence-corrected chi connectivity index (χ0v) is 8.02. The Morgan fingerprint density at radius 2 is 2.40 bits per heavy atom. The van der Waals surface area contributed by atoms with E-state index in [9.17, 15) is 4.79 Å². The Bertz CT molecular complexity index is 447. The molecule has 2 N–H and O–H groups in total. The van der Waals surface area contributed by atoms with Gasteiger partial charge in [-0.1, -0.05) is 0 Å². The van der Waals surface area contributed by atoms with Crippen molar-refractivity contribution in [2.45, 2.75) is 6.92 Å². The summed E-state index contributed by atoms with van der Waals surface area (Å²) in [5.74, 6) is -0.504. The molecule has 0 spiro atoms. The van der Waals surface area contributed by atoms with Crippen LogP contribution in [0.15, 0.2) is 12.3 Å². The van der Waals surface area contributed by atoms with Crippen LogP contribution in [0.1, 0.15) is 17.4 Å². The Hall–Kier alpha value is -2.18. The highest BCUT2D eigenvalue weighted by atomic mass is 16.5. The van der Waals surface area contributed by atoms with Gasteiger partial charge in [0.15, 0.2) is 5.69 Å². The number of aromatic amines is 2. The molecule has 78 valence electrons. The van der Waals surface area contributed by atoms with Crippen molar-refractivity contribution >= 4 is 5.97 Å². The van der Waals surface area contributed by atoms with Crippen molar-refractivity contribution in [1.82, 2.24) is 25.6 Å². The minimum absolute atomic E-state index is 0.154. The maximum absolute atomic E-state index is 11.4. The summed E-state index contributed by atoms with van der Waals surface area (Å²) in [6.07, 6.45) is 1.57. The van der Waals surface area contributed by atoms with Crippen LogP contribution in [0.3, 0.4) is 0 Å². The van der Waals surface area contributed by atoms with Crippen molar-refractivity contribution in [1.29, 1.82) is 0 Å². The molecule has 0 atom stereocenters. The first kappa shape index (κ1) is 9.38. The molecule has 15 heavy (non-hydrogen) atoms. The third-order valence-electron chi connectivity index (χ3n) is 1.77. The van der Waals surface area contributed by atoms with Gasteiger partial charge in [-0.2, -0.15) is 15.4 Å². The van der Waals surface area contributed by atoms with Crippen LogP contribution in [-0.4, -0.2) is 38.2 Å². The molecule has 0 aliphatic rings. The molecule has 0 fully saturated rings. The van der Waals surface area contributed by atoms with Crippen LogP contribution in [0, 0.1) is 0 Å². The fraction of sp³-hybridized carbons (Fsp3) is 0.250. The molecule has 0 saturated heterocycles. The monoisotopic (exact) mass is 207 g/mol. The van der Waals surface area contributed by atoms with Gasteiger partial charge in [-0.25, -0.2) is 4.79 Å². The van der Waals surface area contributed by atoms with Crippen LogP contribution in [-0.2, 0) is 4.74 Å². The fourth-order valence-corrected chi connectivity index (χ4v) is 1.15. The van der Waals surface area contributed by atoms with Gasteiger partial charge >= 0.3 is 5.97 Å². The Morgan fingerprint density at radius 1 is 1.53 bits per heavy atom. The summed E-state index contributed by atoms with van der Waals surface area (Å²) in [7, 11) is 0. The third-order valence-corrected chi connectivity index (χ3v) is 1.77. The van der Waals surface area contributed by atoms with Gasteiger partial charge in [0.05, 0.1) is 12.3 Å². The second-order valence-corrected chi connectivity index (χ2v) is 2.71. The number of nitrogens with one attached hydrogen (secondary N) is 2. The van der Waals surface area contributed by atoms with Crippen LogP contribution in [0.2, 0.25) is 0 Å². The molecule has 0 amide bonds. The number of carbonyl (C=O) groups is 1. The zero-order chi connectivity index (χ0) is 10.7. The molecule has 0 radical (unpaired) electrons. The van der Waals surface area contributed by atoms with Gasteiger partial charge in [0.1, 0.15) is 5.69 Å². The van der Waals surface area contributed by atoms with E-state index in [1.165, 1.54) is 0 Å². The lowest BCUT2D eigenvalue weighted by Gasteiger charge is -1.98. The van der Waals surface area contributed by atoms with Crippen molar-refractivity contribution in [2.24, 2.45) is 0 Å². The van der Waals surface area contributed by atoms with Crippen molar-refractivity contribution in [3.8, 4) is 11.4 Å². The van der Waals surface area contributed by atoms with Gasteiger partial charge < -0.3 is 4.74 Å². The number of H-pyrrole nitrogens is 2. The lowest BCUT2D eigenvalue weighted by molar-refractivity contribution is 0.0520. The van der Waals surface area contributed by atoms with Gasteiger partial charge in [-0.3, -0.25) is 5.10 Å². The normalized spacial score (nSPS) is 10.2. The van der Waals surface area contributed by atoms with Gasteiger partial charge in [0.25, 0.3) is 0 Å². The number of hydrogen-bond donors (Lipinski definition) is 2. The van der Waals surface area contributed by atoms with Gasteiger partial charge in [-0.15, -0.1) is 5.10 Å². The first-order valence-corrected chi connectivity index (χ1v) is 4.40. The van der Waals surface area contributed by atoms with E-state index < -0.39 is 5.97 Å². The van der Waals surface area contributed by atoms with E-state index in [0.29, 0.717) is 18.0 Å². The molecular formula is C8H9N5O2. The fourth-order valence-electron chi connectivity index (χ4n) is 1.15. The van der Waals surface area contributed by atoms with Crippen LogP contribution in [0.4, 0.5) is 0 Å². The highest BCUT2D eigenvalue weighted by Crippen LogP contribution is 2.16. The molecule has 0 aliphatic heterocycles. The molecule has 2 heterocycles. The van der Waals surface area contributed by atoms with E-state index in [4.69, 9.17) is 4.74 Å². The first-order chi connectivity index (χ1) is 7.33. The molecule has 2 aromatic rings. The molecular weight excluding hydrogens is 198 g/mol. The minimum atomic E-state index is -0.504. The smallest absolute Gasteiger partial charge is 0.361 e. The molecule has 0 saturated carbocycles. The number of ether oxygens (including phenoxy) is 1. The Morgan fingerprint density at radius 3 is 3.07 bits per heavy atom. The Kier molecular flexibility index (Phi) is 2.44. The van der Waals surface area contributed by atoms with Gasteiger partial charge in [0.2, 0.25) is 0 Å². The molecule has 0 aromatic carbocycles. The van der Waals surface area contributed by atoms with Crippen molar-refractivity contribution in [3.63, 3.8) is 0 Å². The topological polar surface area (TPSA) is 96.6 Å². The molecule has 0 aliphatic carbocycles. The molecule has 2 rings (SSSR count). The lowest BCUT2D eigenvalue weighted by atomic mass is 10.2. The minimum Gasteiger partial charge on any atom is -0.461 e. The SMILES string of the molecule is CCOC(=O)c1n[nH]nc1-c1ccn[nH]1. The zero-order valence-electron chi connectivity index (χ0n) is 8.02. The summed E-state index contributed by atoms with van der Waals surface area (Å²) >= 11 is 0. The summed E-state index contributed by atoms with van der Waals surface area (Å²) in [5.41, 5.74) is 1.18. The third kappa shape index (κ3) is 1.71. The molecule has 7 nitrogen and oxygen atoms in total. The Balaban J connectivity index is 2.34. The summed E-state index contributed by atoms with van der Waals surface area (Å²) in [6, 6.07) is 1.70. The highest BCUT2D eigenvalue weighted by molar-refractivity contribution is 5.93. The maximum Gasteiger partial charge on any atom is 0.361 e. The van der Waals surface area contributed by atoms with Gasteiger partial charge in [0, 0.05) is 6.20 Å². The average Bonchev–Trinajstić information content (AvgIpc) is 2.88. The standard InChI is InChI=1S/C8H9N5O2/c1-2-15-8(14)7-6(11-13-12-7)5-3-4-9-10-5/h3-4H,2H2,1H3,(H,9,10)(H,11,12,13). The number of carbonyl (C=O) groups excluding carboxylic acids is 1. The summed E-state index contributed by atoms with van der Waals surface area (Å²) in [6.45, 7) is 2.03. The van der Waals surface area contributed by atoms with Gasteiger partial charge in [-0.05, 0) is 13.0 Å². The van der Waals surface area contributed by atoms with Crippen LogP contribution in [0.5, 0.6) is 0 Å². The number of rotatable bonds is 3. The van der Waals surface area contributed by atoms with E-state index in [0.717, 1.165) is 0 Å². The molecule has 2 aromatic heterocycles. The second kappa shape index (κ2) is 3.91. The van der Waals surface area contributed by atoms with Crippen molar-refractivity contribution in [2.75, 3.05) is 6.61 Å². The number of hydrogen-bond acceptors (Lipinski definition) is 5. The Labute approximate surface area is 84.8 Å². The first-order valence-electron chi connectivity index (χ1n) is 4.40. The summed E-state index contributed by atoms with van der Waals surface area (Å²) < 4.78 is 4.83. The lowest BCUT2D eigenvalue weighted by Crippen LogP contribution is -2.06. The highest BCUT2D eigenvalue weighted by Gasteiger charge is 2.19. The number of aromatic nitrogens is 5. The molecule has 0 bridgehead atoms. The van der Waals surface area contributed by atoms with Crippen LogP contribution in [0.25, 0.3) is 11.4 Å². The quantitative estimate of drug-likeness (QED) is 0.709. The summed E-state index contributed by atoms with van der Waals surface area (Å²) in [4.78, 5) is 11.4. The predicted octanol–water partition coefficient (Wildman–Crippen LogP) is 0.371. The van der Waals surface area contributed by atoms with E-state index in [2.05, 4.69) is 25.6 Å².